The van der Waals surface area contributed by atoms with Crippen molar-refractivity contribution < 1.29 is 9.59 Å². The van der Waals surface area contributed by atoms with Gasteiger partial charge in [-0.05, 0) is 12.2 Å². The zero-order valence-electron chi connectivity index (χ0n) is 11.2. The van der Waals surface area contributed by atoms with Crippen molar-refractivity contribution in [2.24, 2.45) is 11.7 Å². The minimum Gasteiger partial charge on any atom is -0.368 e. The molecular weight excluding hydrogens is 236 g/mol. The number of nitrogens with two attached hydrogens (primary N) is 1. The van der Waals surface area contributed by atoms with E-state index >= 15 is 0 Å². The van der Waals surface area contributed by atoms with Crippen LogP contribution >= 0.6 is 11.8 Å². The van der Waals surface area contributed by atoms with Crippen LogP contribution in [0.5, 0.6) is 0 Å². The van der Waals surface area contributed by atoms with Gasteiger partial charge >= 0.3 is 0 Å². The molecule has 1 atom stereocenters. The van der Waals surface area contributed by atoms with E-state index in [-0.39, 0.29) is 29.7 Å². The lowest BCUT2D eigenvalue weighted by Crippen LogP contribution is -2.44. The summed E-state index contributed by atoms with van der Waals surface area (Å²) in [5.41, 5.74) is 5.30. The number of carbonyl (C=O) groups excluding carboxylic acids is 2. The summed E-state index contributed by atoms with van der Waals surface area (Å²) >= 11 is 1.57. The average Bonchev–Trinajstić information content (AvgIpc) is 2.21. The van der Waals surface area contributed by atoms with Crippen LogP contribution < -0.4 is 11.1 Å². The van der Waals surface area contributed by atoms with Gasteiger partial charge in [-0.15, -0.1) is 0 Å². The molecular formula is C12H24N2O2S. The maximum absolute atomic E-state index is 11.4. The molecule has 0 bridgehead atoms. The van der Waals surface area contributed by atoms with Crippen molar-refractivity contribution in [1.29, 1.82) is 0 Å². The zero-order chi connectivity index (χ0) is 13.4. The highest BCUT2D eigenvalue weighted by Gasteiger charge is 2.16. The van der Waals surface area contributed by atoms with Crippen molar-refractivity contribution in [2.75, 3.05) is 11.5 Å². The third-order valence-electron chi connectivity index (χ3n) is 2.32. The molecule has 17 heavy (non-hydrogen) atoms. The average molecular weight is 260 g/mol. The molecule has 0 aromatic rings. The summed E-state index contributed by atoms with van der Waals surface area (Å²) in [6, 6.07) is -0.0635. The Labute approximate surface area is 108 Å². The van der Waals surface area contributed by atoms with Crippen LogP contribution in [0.1, 0.15) is 34.1 Å². The van der Waals surface area contributed by atoms with E-state index in [0.717, 1.165) is 5.75 Å². The molecule has 100 valence electrons. The number of primary amides is 1. The van der Waals surface area contributed by atoms with E-state index in [1.807, 2.05) is 27.7 Å². The summed E-state index contributed by atoms with van der Waals surface area (Å²) < 4.78 is 0. The summed E-state index contributed by atoms with van der Waals surface area (Å²) in [5, 5.41) is 3.12. The second-order valence-electron chi connectivity index (χ2n) is 4.74. The van der Waals surface area contributed by atoms with Crippen LogP contribution in [0.4, 0.5) is 0 Å². The monoisotopic (exact) mass is 260 g/mol. The third kappa shape index (κ3) is 8.21. The van der Waals surface area contributed by atoms with Gasteiger partial charge in [-0.1, -0.05) is 27.7 Å². The SMILES string of the molecule is CC(C)NC(CCSCC(=O)C(C)C)C(N)=O. The van der Waals surface area contributed by atoms with Crippen LogP contribution in [-0.2, 0) is 9.59 Å². The van der Waals surface area contributed by atoms with E-state index in [2.05, 4.69) is 5.32 Å². The van der Waals surface area contributed by atoms with Gasteiger partial charge in [0, 0.05) is 12.0 Å². The fourth-order valence-electron chi connectivity index (χ4n) is 1.25. The van der Waals surface area contributed by atoms with Crippen molar-refractivity contribution >= 4 is 23.5 Å². The van der Waals surface area contributed by atoms with Crippen LogP contribution in [-0.4, -0.2) is 35.3 Å². The molecule has 0 rings (SSSR count). The van der Waals surface area contributed by atoms with Crippen molar-refractivity contribution in [3.05, 3.63) is 0 Å². The zero-order valence-corrected chi connectivity index (χ0v) is 12.0. The van der Waals surface area contributed by atoms with Crippen LogP contribution in [0, 0.1) is 5.92 Å². The van der Waals surface area contributed by atoms with Crippen LogP contribution in [0.25, 0.3) is 0 Å². The molecule has 0 aliphatic rings. The molecule has 1 amide bonds. The topological polar surface area (TPSA) is 72.2 Å². The minimum absolute atomic E-state index is 0.0863. The number of Topliss-reactive ketones (excluding diaryl/α,β-unsaturated/α-hetero) is 1. The van der Waals surface area contributed by atoms with Gasteiger partial charge in [-0.3, -0.25) is 9.59 Å². The van der Waals surface area contributed by atoms with Gasteiger partial charge < -0.3 is 11.1 Å². The van der Waals surface area contributed by atoms with Gasteiger partial charge in [-0.25, -0.2) is 0 Å². The summed E-state index contributed by atoms with van der Waals surface area (Å²) in [4.78, 5) is 22.5. The largest absolute Gasteiger partial charge is 0.368 e. The molecule has 0 saturated heterocycles. The normalized spacial score (nSPS) is 13.1. The van der Waals surface area contributed by atoms with E-state index in [4.69, 9.17) is 5.73 Å². The first kappa shape index (κ1) is 16.4. The maximum Gasteiger partial charge on any atom is 0.234 e. The lowest BCUT2D eigenvalue weighted by Gasteiger charge is -2.17. The first-order valence-electron chi connectivity index (χ1n) is 6.00. The van der Waals surface area contributed by atoms with E-state index in [1.165, 1.54) is 0 Å². The van der Waals surface area contributed by atoms with Gasteiger partial charge in [0.15, 0.2) is 0 Å². The van der Waals surface area contributed by atoms with E-state index in [9.17, 15) is 9.59 Å². The summed E-state index contributed by atoms with van der Waals surface area (Å²) in [6.45, 7) is 7.75. The van der Waals surface area contributed by atoms with Gasteiger partial charge in [-0.2, -0.15) is 11.8 Å². The highest BCUT2D eigenvalue weighted by Crippen LogP contribution is 2.08. The Kier molecular flexibility index (Phi) is 8.25. The minimum atomic E-state index is -0.325. The Morgan fingerprint density at radius 2 is 1.82 bits per heavy atom. The van der Waals surface area contributed by atoms with Gasteiger partial charge in [0.1, 0.15) is 5.78 Å². The summed E-state index contributed by atoms with van der Waals surface area (Å²) in [5.74, 6) is 1.30. The van der Waals surface area contributed by atoms with Crippen molar-refractivity contribution in [2.45, 2.75) is 46.2 Å². The second-order valence-corrected chi connectivity index (χ2v) is 5.84. The van der Waals surface area contributed by atoms with Crippen molar-refractivity contribution in [3.63, 3.8) is 0 Å². The fraction of sp³-hybridized carbons (Fsp3) is 0.833. The molecule has 0 radical (unpaired) electrons. The van der Waals surface area contributed by atoms with Crippen LogP contribution in [0.2, 0.25) is 0 Å². The lowest BCUT2D eigenvalue weighted by molar-refractivity contribution is -0.120. The third-order valence-corrected chi connectivity index (χ3v) is 3.33. The molecule has 0 heterocycles. The summed E-state index contributed by atoms with van der Waals surface area (Å²) in [6.07, 6.45) is 0.670. The molecule has 0 spiro atoms. The smallest absolute Gasteiger partial charge is 0.234 e. The van der Waals surface area contributed by atoms with Crippen LogP contribution in [0.3, 0.4) is 0 Å². The first-order chi connectivity index (χ1) is 7.84. The van der Waals surface area contributed by atoms with Crippen LogP contribution in [0.15, 0.2) is 0 Å². The number of hydrogen-bond donors (Lipinski definition) is 2. The van der Waals surface area contributed by atoms with Gasteiger partial charge in [0.05, 0.1) is 11.8 Å². The fourth-order valence-corrected chi connectivity index (χ4v) is 2.33. The highest BCUT2D eigenvalue weighted by molar-refractivity contribution is 7.99. The molecule has 5 heteroatoms. The van der Waals surface area contributed by atoms with Gasteiger partial charge in [0.25, 0.3) is 0 Å². The number of thioether (sulfide) groups is 1. The molecule has 0 aliphatic carbocycles. The highest BCUT2D eigenvalue weighted by atomic mass is 32.2. The summed E-state index contributed by atoms with van der Waals surface area (Å²) in [7, 11) is 0. The van der Waals surface area contributed by atoms with Gasteiger partial charge in [0.2, 0.25) is 5.91 Å². The number of nitrogens with one attached hydrogen (secondary N) is 1. The number of ketones is 1. The standard InChI is InChI=1S/C12H24N2O2S/c1-8(2)11(15)7-17-6-5-10(12(13)16)14-9(3)4/h8-10,14H,5-7H2,1-4H3,(H2,13,16). The Hall–Kier alpha value is -0.550. The molecule has 1 unspecified atom stereocenters. The quantitative estimate of drug-likeness (QED) is 0.611. The predicted octanol–water partition coefficient (Wildman–Crippen LogP) is 1.19. The Morgan fingerprint density at radius 1 is 1.24 bits per heavy atom. The Morgan fingerprint density at radius 3 is 2.24 bits per heavy atom. The number of carbonyl (C=O) groups is 2. The number of rotatable bonds is 9. The van der Waals surface area contributed by atoms with E-state index in [1.54, 1.807) is 11.8 Å². The van der Waals surface area contributed by atoms with E-state index in [0.29, 0.717) is 12.2 Å². The lowest BCUT2D eigenvalue weighted by atomic mass is 10.1. The number of hydrogen-bond acceptors (Lipinski definition) is 4. The Bertz CT molecular complexity index is 255. The number of amides is 1. The predicted molar refractivity (Wildman–Crippen MR) is 73.0 cm³/mol. The second kappa shape index (κ2) is 8.53. The molecule has 0 aromatic carbocycles. The molecule has 0 aromatic heterocycles. The Balaban J connectivity index is 3.83. The maximum atomic E-state index is 11.4. The van der Waals surface area contributed by atoms with E-state index < -0.39 is 0 Å². The molecule has 3 N–H and O–H groups in total. The molecule has 0 aliphatic heterocycles. The first-order valence-corrected chi connectivity index (χ1v) is 7.15. The van der Waals surface area contributed by atoms with Crippen molar-refractivity contribution in [1.82, 2.24) is 5.32 Å². The molecule has 0 saturated carbocycles. The van der Waals surface area contributed by atoms with Crippen molar-refractivity contribution in [3.8, 4) is 0 Å². The molecule has 4 nitrogen and oxygen atoms in total. The molecule has 0 fully saturated rings.